The van der Waals surface area contributed by atoms with Gasteiger partial charge in [-0.25, -0.2) is 0 Å². The topological polar surface area (TPSA) is 34.1 Å². The second kappa shape index (κ2) is 13.6. The molecular weight excluding hydrogens is 188 g/mol. The van der Waals surface area contributed by atoms with Crippen LogP contribution in [-0.4, -0.2) is 0 Å². The van der Waals surface area contributed by atoms with Crippen molar-refractivity contribution in [2.45, 2.75) is 46.5 Å². The summed E-state index contributed by atoms with van der Waals surface area (Å²) in [6.07, 6.45) is 6.23. The molecule has 0 spiro atoms. The van der Waals surface area contributed by atoms with Gasteiger partial charge in [0.15, 0.2) is 0 Å². The molecule has 0 rings (SSSR count). The Kier molecular flexibility index (Phi) is 16.6. The van der Waals surface area contributed by atoms with E-state index in [0.29, 0.717) is 0 Å². The van der Waals surface area contributed by atoms with Crippen molar-refractivity contribution in [2.75, 3.05) is 0 Å². The Morgan fingerprint density at radius 1 is 1.00 bits per heavy atom. The number of hydrogen-bond acceptors (Lipinski definition) is 2. The van der Waals surface area contributed by atoms with Crippen LogP contribution < -0.4 is 0 Å². The van der Waals surface area contributed by atoms with Gasteiger partial charge < -0.3 is 0 Å². The molecule has 0 aliphatic heterocycles. The molecule has 0 heterocycles. The SMILES string of the molecule is CCCC.CCCC=[CH][Ti](=[O])=[O]. The van der Waals surface area contributed by atoms with Crippen LogP contribution >= 0.6 is 0 Å². The van der Waals surface area contributed by atoms with E-state index in [1.807, 2.05) is 6.92 Å². The normalized spacial score (nSPS) is 9.25. The molecule has 0 N–H and O–H groups in total. The zero-order chi connectivity index (χ0) is 9.82. The third-order valence-corrected chi connectivity index (χ3v) is 2.00. The summed E-state index contributed by atoms with van der Waals surface area (Å²) >= 11 is -3.10. The van der Waals surface area contributed by atoms with Crippen LogP contribution in [0.3, 0.4) is 0 Å². The van der Waals surface area contributed by atoms with Crippen molar-refractivity contribution in [2.24, 2.45) is 0 Å². The Bertz CT molecular complexity index is 150. The van der Waals surface area contributed by atoms with Crippen LogP contribution in [-0.2, 0) is 24.5 Å². The van der Waals surface area contributed by atoms with Crippen molar-refractivity contribution in [1.29, 1.82) is 0 Å². The van der Waals surface area contributed by atoms with E-state index in [1.165, 1.54) is 17.2 Å². The van der Waals surface area contributed by atoms with Crippen LogP contribution in [0.2, 0.25) is 0 Å². The first-order valence-corrected chi connectivity index (χ1v) is 6.74. The maximum absolute atomic E-state index is 9.93. The van der Waals surface area contributed by atoms with Gasteiger partial charge in [0, 0.05) is 0 Å². The molecule has 71 valence electrons. The Hall–Kier alpha value is 0.0543. The summed E-state index contributed by atoms with van der Waals surface area (Å²) in [5.74, 6) is 0. The van der Waals surface area contributed by atoms with Gasteiger partial charge in [-0.05, 0) is 0 Å². The quantitative estimate of drug-likeness (QED) is 0.662. The van der Waals surface area contributed by atoms with Crippen molar-refractivity contribution in [3.05, 3.63) is 10.5 Å². The Morgan fingerprint density at radius 2 is 1.50 bits per heavy atom. The molecule has 2 nitrogen and oxygen atoms in total. The van der Waals surface area contributed by atoms with Gasteiger partial charge in [0.2, 0.25) is 0 Å². The summed E-state index contributed by atoms with van der Waals surface area (Å²) in [6, 6.07) is 0. The molecule has 0 radical (unpaired) electrons. The van der Waals surface area contributed by atoms with E-state index in [2.05, 4.69) is 13.8 Å². The molecule has 0 aromatic rings. The Balaban J connectivity index is 0. The fourth-order valence-corrected chi connectivity index (χ4v) is 0.907. The van der Waals surface area contributed by atoms with Gasteiger partial charge in [-0.1, -0.05) is 26.7 Å². The molecule has 0 fully saturated rings. The van der Waals surface area contributed by atoms with Gasteiger partial charge in [0.25, 0.3) is 0 Å². The number of unbranched alkanes of at least 4 members (excludes halogenated alkanes) is 2. The fourth-order valence-electron chi connectivity index (χ4n) is 0.346. The zero-order valence-corrected chi connectivity index (χ0v) is 9.86. The average Bonchev–Trinajstić information content (AvgIpc) is 2.05. The Morgan fingerprint density at radius 3 is 1.75 bits per heavy atom. The number of allylic oxidation sites excluding steroid dienone is 1. The van der Waals surface area contributed by atoms with E-state index in [4.69, 9.17) is 0 Å². The van der Waals surface area contributed by atoms with Crippen molar-refractivity contribution in [1.82, 2.24) is 0 Å². The molecule has 0 aliphatic rings. The molecular formula is C9H19O2Ti. The summed E-state index contributed by atoms with van der Waals surface area (Å²) in [5.41, 5.74) is 0. The summed E-state index contributed by atoms with van der Waals surface area (Å²) < 4.78 is 21.2. The van der Waals surface area contributed by atoms with Crippen LogP contribution in [0.5, 0.6) is 0 Å². The van der Waals surface area contributed by atoms with Gasteiger partial charge in [0.05, 0.1) is 0 Å². The Labute approximate surface area is 81.5 Å². The van der Waals surface area contributed by atoms with E-state index in [9.17, 15) is 6.65 Å². The summed E-state index contributed by atoms with van der Waals surface area (Å²) in [6.45, 7) is 6.37. The molecule has 0 aromatic carbocycles. The molecule has 0 bridgehead atoms. The first kappa shape index (κ1) is 14.6. The van der Waals surface area contributed by atoms with Gasteiger partial charge in [-0.2, -0.15) is 0 Å². The molecule has 0 atom stereocenters. The second-order valence-corrected chi connectivity index (χ2v) is 4.03. The molecule has 0 amide bonds. The van der Waals surface area contributed by atoms with Crippen LogP contribution in [0.25, 0.3) is 0 Å². The van der Waals surface area contributed by atoms with E-state index in [-0.39, 0.29) is 0 Å². The monoisotopic (exact) mass is 207 g/mol. The van der Waals surface area contributed by atoms with Gasteiger partial charge in [-0.3, -0.25) is 0 Å². The minimum absolute atomic E-state index is 0.876. The van der Waals surface area contributed by atoms with Gasteiger partial charge >= 0.3 is 54.7 Å². The first-order valence-electron chi connectivity index (χ1n) is 4.56. The first-order chi connectivity index (χ1) is 5.68. The van der Waals surface area contributed by atoms with Crippen LogP contribution in [0, 0.1) is 0 Å². The number of hydrogen-bond donors (Lipinski definition) is 0. The van der Waals surface area contributed by atoms with E-state index in [1.54, 1.807) is 6.08 Å². The van der Waals surface area contributed by atoms with E-state index in [0.717, 1.165) is 12.8 Å². The van der Waals surface area contributed by atoms with Crippen LogP contribution in [0.4, 0.5) is 0 Å². The van der Waals surface area contributed by atoms with E-state index >= 15 is 0 Å². The molecule has 12 heavy (non-hydrogen) atoms. The summed E-state index contributed by atoms with van der Waals surface area (Å²) in [7, 11) is 0. The maximum atomic E-state index is 9.93. The average molecular weight is 207 g/mol. The van der Waals surface area contributed by atoms with Crippen LogP contribution in [0.15, 0.2) is 10.5 Å². The second-order valence-electron chi connectivity index (χ2n) is 2.51. The molecule has 0 unspecified atom stereocenters. The summed E-state index contributed by atoms with van der Waals surface area (Å²) in [5, 5.41) is 0. The molecule has 0 aliphatic carbocycles. The minimum atomic E-state index is -3.10. The standard InChI is InChI=1S/C5H9.C4H10.2O.Ti/c1-3-5-4-2;1-3-4-2;;;/h1,3H,4-5H2,2H3;3-4H2,1-2H3;;;. The third-order valence-electron chi connectivity index (χ3n) is 1.21. The van der Waals surface area contributed by atoms with Crippen molar-refractivity contribution >= 4 is 0 Å². The van der Waals surface area contributed by atoms with E-state index < -0.39 is 17.8 Å². The number of rotatable bonds is 4. The molecule has 3 heteroatoms. The predicted molar refractivity (Wildman–Crippen MR) is 46.0 cm³/mol. The molecule has 0 saturated heterocycles. The molecule has 0 saturated carbocycles. The third kappa shape index (κ3) is 22.5. The zero-order valence-electron chi connectivity index (χ0n) is 8.30. The van der Waals surface area contributed by atoms with Crippen molar-refractivity contribution < 1.29 is 24.5 Å². The molecule has 0 aromatic heterocycles. The van der Waals surface area contributed by atoms with Crippen molar-refractivity contribution in [3.8, 4) is 0 Å². The van der Waals surface area contributed by atoms with Crippen molar-refractivity contribution in [3.63, 3.8) is 0 Å². The fraction of sp³-hybridized carbons (Fsp3) is 0.778. The van der Waals surface area contributed by atoms with Gasteiger partial charge in [-0.15, -0.1) is 0 Å². The predicted octanol–water partition coefficient (Wildman–Crippen LogP) is 3.42. The summed E-state index contributed by atoms with van der Waals surface area (Å²) in [4.78, 5) is 0. The van der Waals surface area contributed by atoms with Gasteiger partial charge in [0.1, 0.15) is 0 Å². The van der Waals surface area contributed by atoms with Crippen LogP contribution in [0.1, 0.15) is 46.5 Å².